The van der Waals surface area contributed by atoms with Crippen molar-refractivity contribution in [3.05, 3.63) is 23.9 Å². The van der Waals surface area contributed by atoms with Crippen LogP contribution >= 0.6 is 0 Å². The first-order valence-electron chi connectivity index (χ1n) is 8.23. The number of carbonyl (C=O) groups is 2. The SMILES string of the molecule is COCCN1C(=O)[C@H]2CC[C@@H]1CN(C(=O)c1cccnc1OC)C2. The van der Waals surface area contributed by atoms with Crippen molar-refractivity contribution in [1.29, 1.82) is 0 Å². The van der Waals surface area contributed by atoms with Crippen molar-refractivity contribution in [1.82, 2.24) is 14.8 Å². The molecule has 3 aliphatic rings. The molecule has 0 spiro atoms. The average molecular weight is 333 g/mol. The molecule has 7 heteroatoms. The van der Waals surface area contributed by atoms with Crippen LogP contribution in [0.1, 0.15) is 23.2 Å². The van der Waals surface area contributed by atoms with Gasteiger partial charge in [-0.15, -0.1) is 0 Å². The lowest BCUT2D eigenvalue weighted by atomic mass is 9.94. The van der Waals surface area contributed by atoms with Crippen LogP contribution in [0.3, 0.4) is 0 Å². The average Bonchev–Trinajstić information content (AvgIpc) is 2.90. The van der Waals surface area contributed by atoms with Gasteiger partial charge in [0.2, 0.25) is 11.8 Å². The van der Waals surface area contributed by atoms with Gasteiger partial charge in [0.25, 0.3) is 5.91 Å². The molecule has 24 heavy (non-hydrogen) atoms. The highest BCUT2D eigenvalue weighted by molar-refractivity contribution is 5.97. The van der Waals surface area contributed by atoms with Crippen molar-refractivity contribution in [3.8, 4) is 5.88 Å². The summed E-state index contributed by atoms with van der Waals surface area (Å²) in [4.78, 5) is 33.3. The summed E-state index contributed by atoms with van der Waals surface area (Å²) in [5.41, 5.74) is 0.442. The molecule has 4 rings (SSSR count). The van der Waals surface area contributed by atoms with E-state index in [-0.39, 0.29) is 23.8 Å². The Bertz CT molecular complexity index is 622. The molecule has 1 aromatic heterocycles. The van der Waals surface area contributed by atoms with E-state index in [1.165, 1.54) is 7.11 Å². The lowest BCUT2D eigenvalue weighted by Crippen LogP contribution is -2.49. The van der Waals surface area contributed by atoms with Gasteiger partial charge in [-0.05, 0) is 25.0 Å². The van der Waals surface area contributed by atoms with Crippen LogP contribution in [0.5, 0.6) is 5.88 Å². The molecule has 2 atom stereocenters. The molecule has 2 amide bonds. The molecule has 3 aliphatic heterocycles. The predicted octanol–water partition coefficient (Wildman–Crippen LogP) is 0.800. The van der Waals surface area contributed by atoms with Crippen LogP contribution in [-0.4, -0.2) is 73.1 Å². The molecule has 0 N–H and O–H groups in total. The largest absolute Gasteiger partial charge is 0.480 e. The summed E-state index contributed by atoms with van der Waals surface area (Å²) in [7, 11) is 3.13. The molecule has 130 valence electrons. The van der Waals surface area contributed by atoms with E-state index in [0.29, 0.717) is 37.7 Å². The number of methoxy groups -OCH3 is 2. The Hall–Kier alpha value is -2.15. The molecule has 0 saturated carbocycles. The first-order valence-corrected chi connectivity index (χ1v) is 8.23. The van der Waals surface area contributed by atoms with Gasteiger partial charge in [-0.1, -0.05) is 0 Å². The Balaban J connectivity index is 1.81. The standard InChI is InChI=1S/C17H23N3O4/c1-23-9-8-20-13-6-5-12(16(20)21)10-19(11-13)17(22)14-4-3-7-18-15(14)24-2/h3-4,7,12-13H,5-6,8-11H2,1-2H3/t12-,13+/m0/s1. The number of nitrogens with zero attached hydrogens (tertiary/aromatic N) is 3. The number of amides is 2. The Morgan fingerprint density at radius 2 is 2.17 bits per heavy atom. The molecule has 0 unspecified atom stereocenters. The van der Waals surface area contributed by atoms with Crippen molar-refractivity contribution < 1.29 is 19.1 Å². The third-order valence-electron chi connectivity index (χ3n) is 4.81. The second-order valence-corrected chi connectivity index (χ2v) is 6.22. The molecule has 7 nitrogen and oxygen atoms in total. The van der Waals surface area contributed by atoms with Crippen molar-refractivity contribution in [3.63, 3.8) is 0 Å². The molecule has 0 aliphatic carbocycles. The smallest absolute Gasteiger partial charge is 0.259 e. The van der Waals surface area contributed by atoms with Gasteiger partial charge < -0.3 is 19.3 Å². The van der Waals surface area contributed by atoms with E-state index >= 15 is 0 Å². The van der Waals surface area contributed by atoms with E-state index in [9.17, 15) is 9.59 Å². The lowest BCUT2D eigenvalue weighted by Gasteiger charge is -2.35. The zero-order valence-corrected chi connectivity index (χ0v) is 14.1. The minimum Gasteiger partial charge on any atom is -0.480 e. The Kier molecular flexibility index (Phi) is 4.99. The normalized spacial score (nSPS) is 23.3. The van der Waals surface area contributed by atoms with Crippen molar-refractivity contribution >= 4 is 11.8 Å². The van der Waals surface area contributed by atoms with Gasteiger partial charge in [-0.2, -0.15) is 0 Å². The third kappa shape index (κ3) is 3.08. The summed E-state index contributed by atoms with van der Waals surface area (Å²) < 4.78 is 10.3. The zero-order valence-electron chi connectivity index (χ0n) is 14.1. The Morgan fingerprint density at radius 1 is 1.33 bits per heavy atom. The summed E-state index contributed by atoms with van der Waals surface area (Å²) in [5.74, 6) is 0.198. The van der Waals surface area contributed by atoms with Gasteiger partial charge in [0.15, 0.2) is 0 Å². The maximum absolute atomic E-state index is 12.9. The van der Waals surface area contributed by atoms with Crippen LogP contribution < -0.4 is 4.74 Å². The minimum absolute atomic E-state index is 0.0537. The number of piperidine rings is 1. The van der Waals surface area contributed by atoms with Gasteiger partial charge >= 0.3 is 0 Å². The molecule has 3 saturated heterocycles. The summed E-state index contributed by atoms with van der Waals surface area (Å²) in [5, 5.41) is 0. The van der Waals surface area contributed by atoms with E-state index in [2.05, 4.69) is 4.98 Å². The van der Waals surface area contributed by atoms with Crippen molar-refractivity contribution in [2.24, 2.45) is 5.92 Å². The Labute approximate surface area is 141 Å². The molecule has 0 radical (unpaired) electrons. The quantitative estimate of drug-likeness (QED) is 0.797. The monoisotopic (exact) mass is 333 g/mol. The number of fused-ring (bicyclic) bond motifs is 4. The zero-order chi connectivity index (χ0) is 17.1. The van der Waals surface area contributed by atoms with Gasteiger partial charge in [0, 0.05) is 39.0 Å². The number of rotatable bonds is 5. The molecule has 3 fully saturated rings. The van der Waals surface area contributed by atoms with Crippen LogP contribution in [0.2, 0.25) is 0 Å². The fourth-order valence-corrected chi connectivity index (χ4v) is 3.58. The molecular weight excluding hydrogens is 310 g/mol. The fraction of sp³-hybridized carbons (Fsp3) is 0.588. The first-order chi connectivity index (χ1) is 11.7. The third-order valence-corrected chi connectivity index (χ3v) is 4.81. The fourth-order valence-electron chi connectivity index (χ4n) is 3.58. The van der Waals surface area contributed by atoms with Crippen molar-refractivity contribution in [2.75, 3.05) is 40.5 Å². The highest BCUT2D eigenvalue weighted by Crippen LogP contribution is 2.30. The van der Waals surface area contributed by atoms with Crippen LogP contribution in [0, 0.1) is 5.92 Å². The van der Waals surface area contributed by atoms with Crippen molar-refractivity contribution in [2.45, 2.75) is 18.9 Å². The summed E-state index contributed by atoms with van der Waals surface area (Å²) in [6, 6.07) is 3.49. The molecule has 2 bridgehead atoms. The lowest BCUT2D eigenvalue weighted by molar-refractivity contribution is -0.140. The van der Waals surface area contributed by atoms with Gasteiger partial charge in [0.05, 0.1) is 19.6 Å². The number of aromatic nitrogens is 1. The minimum atomic E-state index is -0.132. The van der Waals surface area contributed by atoms with E-state index in [1.54, 1.807) is 30.3 Å². The first kappa shape index (κ1) is 16.7. The van der Waals surface area contributed by atoms with Gasteiger partial charge in [-0.3, -0.25) is 9.59 Å². The molecular formula is C17H23N3O4. The molecule has 0 aromatic carbocycles. The van der Waals surface area contributed by atoms with Crippen LogP contribution in [0.15, 0.2) is 18.3 Å². The number of hydrogen-bond donors (Lipinski definition) is 0. The number of ether oxygens (including phenoxy) is 2. The maximum Gasteiger partial charge on any atom is 0.259 e. The highest BCUT2D eigenvalue weighted by Gasteiger charge is 2.42. The maximum atomic E-state index is 12.9. The predicted molar refractivity (Wildman–Crippen MR) is 86.8 cm³/mol. The van der Waals surface area contributed by atoms with Crippen LogP contribution in [0.4, 0.5) is 0 Å². The summed E-state index contributed by atoms with van der Waals surface area (Å²) >= 11 is 0. The second-order valence-electron chi connectivity index (χ2n) is 6.22. The highest BCUT2D eigenvalue weighted by atomic mass is 16.5. The van der Waals surface area contributed by atoms with Gasteiger partial charge in [-0.25, -0.2) is 4.98 Å². The van der Waals surface area contributed by atoms with E-state index in [1.807, 2.05) is 4.90 Å². The Morgan fingerprint density at radius 3 is 2.92 bits per heavy atom. The number of carbonyl (C=O) groups excluding carboxylic acids is 2. The van der Waals surface area contributed by atoms with Gasteiger partial charge in [0.1, 0.15) is 5.56 Å². The summed E-state index contributed by atoms with van der Waals surface area (Å²) in [6.45, 7) is 2.09. The van der Waals surface area contributed by atoms with E-state index in [4.69, 9.17) is 9.47 Å². The van der Waals surface area contributed by atoms with Crippen LogP contribution in [0.25, 0.3) is 0 Å². The summed E-state index contributed by atoms with van der Waals surface area (Å²) in [6.07, 6.45) is 3.35. The van der Waals surface area contributed by atoms with E-state index in [0.717, 1.165) is 12.8 Å². The second kappa shape index (κ2) is 7.17. The van der Waals surface area contributed by atoms with Crippen LogP contribution in [-0.2, 0) is 9.53 Å². The topological polar surface area (TPSA) is 72.0 Å². The van der Waals surface area contributed by atoms with E-state index < -0.39 is 0 Å². The number of pyridine rings is 1. The number of hydrogen-bond acceptors (Lipinski definition) is 5. The molecule has 4 heterocycles. The molecule has 1 aromatic rings.